The summed E-state index contributed by atoms with van der Waals surface area (Å²) in [6.07, 6.45) is -2.78. The summed E-state index contributed by atoms with van der Waals surface area (Å²) in [6.45, 7) is -3.00. The van der Waals surface area contributed by atoms with E-state index in [1.54, 1.807) is 48.5 Å². The fourth-order valence-corrected chi connectivity index (χ4v) is 6.75. The molecule has 9 aromatic rings. The van der Waals surface area contributed by atoms with E-state index in [0.717, 1.165) is 32.7 Å². The fourth-order valence-electron chi connectivity index (χ4n) is 6.75. The lowest BCUT2D eigenvalue weighted by Gasteiger charge is -2.19. The molecule has 0 unspecified atom stereocenters. The zero-order chi connectivity index (χ0) is 45.7. The summed E-state index contributed by atoms with van der Waals surface area (Å²) in [5.41, 5.74) is 4.37. The molecule has 1 aromatic heterocycles. The van der Waals surface area contributed by atoms with Crippen LogP contribution in [0.5, 0.6) is 0 Å². The van der Waals surface area contributed by atoms with Crippen molar-refractivity contribution in [2.75, 3.05) is 0 Å². The van der Waals surface area contributed by atoms with Crippen LogP contribution in [-0.2, 0) is 6.37 Å². The number of imidazole rings is 1. The molecule has 8 aromatic carbocycles. The Morgan fingerprint density at radius 3 is 1.57 bits per heavy atom. The molecular formula is C47H34N2. The zero-order valence-corrected chi connectivity index (χ0v) is 25.9. The van der Waals surface area contributed by atoms with Crippen LogP contribution in [0.3, 0.4) is 0 Å². The highest BCUT2D eigenvalue weighted by Gasteiger charge is 2.18. The third kappa shape index (κ3) is 5.01. The quantitative estimate of drug-likeness (QED) is 0.165. The van der Waals surface area contributed by atoms with Crippen LogP contribution in [0, 0.1) is 0 Å². The van der Waals surface area contributed by atoms with Crippen molar-refractivity contribution in [2.24, 2.45) is 0 Å². The van der Waals surface area contributed by atoms with E-state index in [0.29, 0.717) is 27.8 Å². The molecule has 49 heavy (non-hydrogen) atoms. The largest absolute Gasteiger partial charge is 0.296 e. The first-order valence-corrected chi connectivity index (χ1v) is 15.7. The van der Waals surface area contributed by atoms with E-state index in [9.17, 15) is 0 Å². The van der Waals surface area contributed by atoms with Gasteiger partial charge in [0.25, 0.3) is 0 Å². The Bertz CT molecular complexity index is 3210. The summed E-state index contributed by atoms with van der Waals surface area (Å²) in [5.74, 6) is -0.254. The highest BCUT2D eigenvalue weighted by molar-refractivity contribution is 6.21. The molecule has 0 saturated carbocycles. The van der Waals surface area contributed by atoms with E-state index in [4.69, 9.17) is 20.6 Å². The van der Waals surface area contributed by atoms with Gasteiger partial charge in [-0.25, -0.2) is 4.98 Å². The third-order valence-electron chi connectivity index (χ3n) is 8.82. The molecule has 0 spiro atoms. The second-order valence-electron chi connectivity index (χ2n) is 11.6. The van der Waals surface area contributed by atoms with Crippen LogP contribution < -0.4 is 0 Å². The van der Waals surface area contributed by atoms with Crippen molar-refractivity contribution >= 4 is 32.6 Å². The van der Waals surface area contributed by atoms with Gasteiger partial charge in [0.15, 0.2) is 0 Å². The van der Waals surface area contributed by atoms with Crippen LogP contribution in [0.4, 0.5) is 0 Å². The number of hydrogen-bond donors (Lipinski definition) is 0. The molecular weight excluding hydrogens is 593 g/mol. The molecule has 0 aliphatic carbocycles. The summed E-state index contributed by atoms with van der Waals surface area (Å²) >= 11 is 0. The van der Waals surface area contributed by atoms with E-state index in [1.165, 1.54) is 10.6 Å². The highest BCUT2D eigenvalue weighted by Crippen LogP contribution is 2.45. The van der Waals surface area contributed by atoms with E-state index in [2.05, 4.69) is 4.98 Å². The minimum absolute atomic E-state index is 0.118. The second kappa shape index (κ2) is 12.1. The number of benzene rings is 8. The van der Waals surface area contributed by atoms with E-state index >= 15 is 0 Å². The molecule has 0 radical (unpaired) electrons. The Morgan fingerprint density at radius 2 is 1.02 bits per heavy atom. The maximum atomic E-state index is 8.88. The summed E-state index contributed by atoms with van der Waals surface area (Å²) < 4.78 is 129. The van der Waals surface area contributed by atoms with Gasteiger partial charge in [-0.2, -0.15) is 0 Å². The number of hydrogen-bond acceptors (Lipinski definition) is 1. The van der Waals surface area contributed by atoms with Crippen molar-refractivity contribution in [2.45, 2.75) is 13.2 Å². The standard InChI is InChI=1S/C47H34N2/c1-2-45-48-43-23-13-14-24-44(43)49(45)38-27-25-34(26-28-38)46-39-19-9-11-21-41(39)47(42-22-12-10-20-40(42)46)37-30-35(32-15-5-3-6-16-32)29-36(31-37)33-17-7-4-8-18-33/h3-31H,2H2,1H3/i1D3,2D2,3D,4D,5D,6D,7D,8D,15D,16D,17D,18D. The van der Waals surface area contributed by atoms with Crippen LogP contribution >= 0.6 is 0 Å². The first kappa shape index (κ1) is 17.2. The van der Waals surface area contributed by atoms with Gasteiger partial charge in [-0.1, -0.05) is 140 Å². The van der Waals surface area contributed by atoms with Gasteiger partial charge in [0, 0.05) is 18.9 Å². The lowest BCUT2D eigenvalue weighted by molar-refractivity contribution is 0.908. The van der Waals surface area contributed by atoms with Crippen LogP contribution in [-0.4, -0.2) is 9.55 Å². The van der Waals surface area contributed by atoms with Crippen LogP contribution in [0.2, 0.25) is 0 Å². The number of rotatable bonds is 6. The summed E-state index contributed by atoms with van der Waals surface area (Å²) in [6, 6.07) is 29.3. The predicted molar refractivity (Wildman–Crippen MR) is 207 cm³/mol. The zero-order valence-electron chi connectivity index (χ0n) is 40.9. The molecule has 0 aliphatic rings. The first-order chi connectivity index (χ1) is 30.3. The SMILES string of the molecule is [2H]c1c([2H])c([2H])c(-c2cc(-c3c([2H])c([2H])c([2H])c([2H])c3[2H])cc(-c3c4ccccc4c(-c4ccc(-n5c(C([2H])([2H])C([2H])([2H])[2H])nc6ccccc65)cc4)c4ccccc34)c2)c([2H])c1[2H]. The normalized spacial score (nSPS) is 16.4. The van der Waals surface area contributed by atoms with Crippen molar-refractivity contribution in [3.63, 3.8) is 0 Å². The van der Waals surface area contributed by atoms with E-state index < -0.39 is 73.6 Å². The Hall–Kier alpha value is -6.25. The summed E-state index contributed by atoms with van der Waals surface area (Å²) in [7, 11) is 0. The minimum Gasteiger partial charge on any atom is -0.296 e. The smallest absolute Gasteiger partial charge is 0.114 e. The molecule has 0 amide bonds. The Kier molecular flexibility index (Phi) is 4.25. The molecule has 1 heterocycles. The lowest BCUT2D eigenvalue weighted by atomic mass is 9.84. The van der Waals surface area contributed by atoms with Gasteiger partial charge in [0.1, 0.15) is 5.82 Å². The molecule has 0 bridgehead atoms. The average Bonchev–Trinajstić information content (AvgIpc) is 3.68. The molecule has 0 saturated heterocycles. The lowest BCUT2D eigenvalue weighted by Crippen LogP contribution is -2.00. The molecule has 0 atom stereocenters. The van der Waals surface area contributed by atoms with Gasteiger partial charge in [-0.3, -0.25) is 4.57 Å². The first-order valence-electron chi connectivity index (χ1n) is 23.2. The number of aryl methyl sites for hydroxylation is 1. The average molecular weight is 642 g/mol. The maximum absolute atomic E-state index is 8.88. The summed E-state index contributed by atoms with van der Waals surface area (Å²) in [5, 5.41) is 3.10. The molecule has 2 heteroatoms. The van der Waals surface area contributed by atoms with Crippen molar-refractivity contribution in [1.29, 1.82) is 0 Å². The molecule has 0 aliphatic heterocycles. The highest BCUT2D eigenvalue weighted by atomic mass is 15.1. The number of para-hydroxylation sites is 2. The van der Waals surface area contributed by atoms with Gasteiger partial charge in [0.2, 0.25) is 0 Å². The van der Waals surface area contributed by atoms with Crippen molar-refractivity contribution in [1.82, 2.24) is 9.55 Å². The van der Waals surface area contributed by atoms with Gasteiger partial charge in [-0.15, -0.1) is 0 Å². The molecule has 0 fully saturated rings. The molecule has 0 N–H and O–H groups in total. The van der Waals surface area contributed by atoms with Crippen molar-refractivity contribution in [3.05, 3.63) is 182 Å². The fraction of sp³-hybridized carbons (Fsp3) is 0.0426. The Labute approximate surface area is 307 Å². The Morgan fingerprint density at radius 1 is 0.531 bits per heavy atom. The molecule has 9 rings (SSSR count). The number of nitrogens with zero attached hydrogens (tertiary/aromatic N) is 2. The number of fused-ring (bicyclic) bond motifs is 3. The summed E-state index contributed by atoms with van der Waals surface area (Å²) in [4.78, 5) is 4.46. The van der Waals surface area contributed by atoms with E-state index in [1.807, 2.05) is 60.7 Å². The van der Waals surface area contributed by atoms with Crippen LogP contribution in [0.15, 0.2) is 176 Å². The second-order valence-corrected chi connectivity index (χ2v) is 11.6. The number of aromatic nitrogens is 2. The minimum atomic E-state index is -3.00. The molecule has 2 nitrogen and oxygen atoms in total. The van der Waals surface area contributed by atoms with Gasteiger partial charge in [0.05, 0.1) is 24.7 Å². The Balaban J connectivity index is 1.32. The van der Waals surface area contributed by atoms with Crippen LogP contribution in [0.25, 0.3) is 82.8 Å². The van der Waals surface area contributed by atoms with Crippen molar-refractivity contribution in [3.8, 4) is 50.2 Å². The predicted octanol–water partition coefficient (Wildman–Crippen LogP) is 12.6. The molecule has 232 valence electrons. The third-order valence-corrected chi connectivity index (χ3v) is 8.82. The topological polar surface area (TPSA) is 17.8 Å². The maximum Gasteiger partial charge on any atom is 0.114 e. The monoisotopic (exact) mass is 641 g/mol. The van der Waals surface area contributed by atoms with Gasteiger partial charge in [-0.05, 0) is 109 Å². The van der Waals surface area contributed by atoms with Crippen molar-refractivity contribution < 1.29 is 20.6 Å². The van der Waals surface area contributed by atoms with Crippen LogP contribution in [0.1, 0.15) is 33.2 Å². The van der Waals surface area contributed by atoms with E-state index in [-0.39, 0.29) is 28.1 Å². The van der Waals surface area contributed by atoms with Gasteiger partial charge < -0.3 is 0 Å². The van der Waals surface area contributed by atoms with Gasteiger partial charge >= 0.3 is 0 Å².